The van der Waals surface area contributed by atoms with Crippen LogP contribution in [0.2, 0.25) is 0 Å². The van der Waals surface area contributed by atoms with Gasteiger partial charge in [0, 0.05) is 25.3 Å². The summed E-state index contributed by atoms with van der Waals surface area (Å²) >= 11 is 0. The molecule has 0 fully saturated rings. The molecule has 0 atom stereocenters. The minimum Gasteiger partial charge on any atom is -0.493 e. The molecule has 5 heteroatoms. The first kappa shape index (κ1) is 17.3. The molecule has 0 bridgehead atoms. The van der Waals surface area contributed by atoms with Gasteiger partial charge in [-0.25, -0.2) is 0 Å². The predicted octanol–water partition coefficient (Wildman–Crippen LogP) is 2.50. The molecule has 0 saturated heterocycles. The average molecular weight is 295 g/mol. The van der Waals surface area contributed by atoms with Crippen LogP contribution >= 0.6 is 0 Å². The molecule has 1 rings (SSSR count). The summed E-state index contributed by atoms with van der Waals surface area (Å²) in [6.07, 6.45) is 0.797. The van der Waals surface area contributed by atoms with Crippen molar-refractivity contribution in [1.82, 2.24) is 5.32 Å². The highest BCUT2D eigenvalue weighted by Gasteiger charge is 2.10. The number of benzene rings is 1. The fourth-order valence-corrected chi connectivity index (χ4v) is 1.77. The van der Waals surface area contributed by atoms with E-state index in [1.165, 1.54) is 0 Å². The van der Waals surface area contributed by atoms with E-state index in [0.717, 1.165) is 13.0 Å². The zero-order chi connectivity index (χ0) is 15.7. The van der Waals surface area contributed by atoms with Crippen molar-refractivity contribution in [3.8, 4) is 11.5 Å². The van der Waals surface area contributed by atoms with Gasteiger partial charge in [0.25, 0.3) is 5.91 Å². The van der Waals surface area contributed by atoms with Gasteiger partial charge in [-0.1, -0.05) is 13.8 Å². The molecule has 0 unspecified atom stereocenters. The molecule has 0 saturated carbocycles. The van der Waals surface area contributed by atoms with Crippen molar-refractivity contribution in [2.45, 2.75) is 20.3 Å². The summed E-state index contributed by atoms with van der Waals surface area (Å²) in [7, 11) is 3.11. The molecule has 0 heterocycles. The topological polar surface area (TPSA) is 56.8 Å². The van der Waals surface area contributed by atoms with Gasteiger partial charge in [0.1, 0.15) is 0 Å². The van der Waals surface area contributed by atoms with Crippen LogP contribution in [0.3, 0.4) is 0 Å². The molecule has 118 valence electrons. The molecule has 0 radical (unpaired) electrons. The van der Waals surface area contributed by atoms with Crippen molar-refractivity contribution in [2.24, 2.45) is 5.92 Å². The third-order valence-corrected chi connectivity index (χ3v) is 2.85. The number of amides is 1. The van der Waals surface area contributed by atoms with E-state index in [2.05, 4.69) is 19.2 Å². The van der Waals surface area contributed by atoms with Crippen LogP contribution in [0, 0.1) is 5.92 Å². The molecule has 0 aromatic heterocycles. The third-order valence-electron chi connectivity index (χ3n) is 2.85. The van der Waals surface area contributed by atoms with Crippen LogP contribution in [0.25, 0.3) is 0 Å². The molecule has 0 aliphatic rings. The highest BCUT2D eigenvalue weighted by molar-refractivity contribution is 5.94. The van der Waals surface area contributed by atoms with Gasteiger partial charge < -0.3 is 19.5 Å². The van der Waals surface area contributed by atoms with E-state index < -0.39 is 0 Å². The van der Waals surface area contributed by atoms with Crippen molar-refractivity contribution in [3.05, 3.63) is 23.8 Å². The molecule has 0 aliphatic carbocycles. The van der Waals surface area contributed by atoms with Gasteiger partial charge in [0.05, 0.1) is 14.2 Å². The highest BCUT2D eigenvalue weighted by Crippen LogP contribution is 2.27. The SMILES string of the molecule is COc1ccc(C(=O)NCCCOCC(C)C)cc1OC. The van der Waals surface area contributed by atoms with E-state index in [1.54, 1.807) is 32.4 Å². The van der Waals surface area contributed by atoms with Gasteiger partial charge in [0.15, 0.2) is 11.5 Å². The Labute approximate surface area is 126 Å². The van der Waals surface area contributed by atoms with Gasteiger partial charge >= 0.3 is 0 Å². The Kier molecular flexibility index (Phi) is 7.61. The minimum atomic E-state index is -0.125. The monoisotopic (exact) mass is 295 g/mol. The number of methoxy groups -OCH3 is 2. The highest BCUT2D eigenvalue weighted by atomic mass is 16.5. The summed E-state index contributed by atoms with van der Waals surface area (Å²) in [4.78, 5) is 12.0. The molecular weight excluding hydrogens is 270 g/mol. The standard InChI is InChI=1S/C16H25NO4/c1-12(2)11-21-9-5-8-17-16(18)13-6-7-14(19-3)15(10-13)20-4/h6-7,10,12H,5,8-9,11H2,1-4H3,(H,17,18). The lowest BCUT2D eigenvalue weighted by Crippen LogP contribution is -2.25. The maximum Gasteiger partial charge on any atom is 0.251 e. The minimum absolute atomic E-state index is 0.125. The maximum absolute atomic E-state index is 12.0. The van der Waals surface area contributed by atoms with E-state index in [4.69, 9.17) is 14.2 Å². The largest absolute Gasteiger partial charge is 0.493 e. The Morgan fingerprint density at radius 3 is 2.52 bits per heavy atom. The normalized spacial score (nSPS) is 10.5. The molecule has 1 aromatic rings. The molecule has 5 nitrogen and oxygen atoms in total. The van der Waals surface area contributed by atoms with E-state index in [-0.39, 0.29) is 5.91 Å². The Hall–Kier alpha value is -1.75. The molecule has 1 amide bonds. The summed E-state index contributed by atoms with van der Waals surface area (Å²) in [5.41, 5.74) is 0.552. The Balaban J connectivity index is 2.38. The molecular formula is C16H25NO4. The maximum atomic E-state index is 12.0. The lowest BCUT2D eigenvalue weighted by atomic mass is 10.2. The van der Waals surface area contributed by atoms with Crippen LogP contribution in [-0.2, 0) is 4.74 Å². The number of hydrogen-bond donors (Lipinski definition) is 1. The number of carbonyl (C=O) groups is 1. The molecule has 0 spiro atoms. The van der Waals surface area contributed by atoms with E-state index in [9.17, 15) is 4.79 Å². The Morgan fingerprint density at radius 1 is 1.19 bits per heavy atom. The van der Waals surface area contributed by atoms with Gasteiger partial charge in [-0.05, 0) is 30.5 Å². The summed E-state index contributed by atoms with van der Waals surface area (Å²) in [5.74, 6) is 1.56. The van der Waals surface area contributed by atoms with Crippen LogP contribution in [0.1, 0.15) is 30.6 Å². The Morgan fingerprint density at radius 2 is 1.90 bits per heavy atom. The number of rotatable bonds is 9. The summed E-state index contributed by atoms with van der Waals surface area (Å²) in [6, 6.07) is 5.11. The van der Waals surface area contributed by atoms with Crippen molar-refractivity contribution in [2.75, 3.05) is 34.0 Å². The number of ether oxygens (including phenoxy) is 3. The number of hydrogen-bond acceptors (Lipinski definition) is 4. The predicted molar refractivity (Wildman–Crippen MR) is 82.2 cm³/mol. The van der Waals surface area contributed by atoms with E-state index in [1.807, 2.05) is 0 Å². The second-order valence-electron chi connectivity index (χ2n) is 5.15. The first-order valence-electron chi connectivity index (χ1n) is 7.16. The molecule has 21 heavy (non-hydrogen) atoms. The lowest BCUT2D eigenvalue weighted by Gasteiger charge is -2.10. The number of nitrogens with one attached hydrogen (secondary N) is 1. The third kappa shape index (κ3) is 6.04. The molecule has 1 N–H and O–H groups in total. The second kappa shape index (κ2) is 9.23. The van der Waals surface area contributed by atoms with Crippen molar-refractivity contribution in [1.29, 1.82) is 0 Å². The molecule has 1 aromatic carbocycles. The van der Waals surface area contributed by atoms with E-state index in [0.29, 0.717) is 36.1 Å². The van der Waals surface area contributed by atoms with E-state index >= 15 is 0 Å². The van der Waals surface area contributed by atoms with Gasteiger partial charge in [-0.3, -0.25) is 4.79 Å². The lowest BCUT2D eigenvalue weighted by molar-refractivity contribution is 0.0924. The average Bonchev–Trinajstić information content (AvgIpc) is 2.49. The zero-order valence-electron chi connectivity index (χ0n) is 13.3. The fraction of sp³-hybridized carbons (Fsp3) is 0.562. The van der Waals surface area contributed by atoms with Crippen molar-refractivity contribution in [3.63, 3.8) is 0 Å². The van der Waals surface area contributed by atoms with Gasteiger partial charge in [-0.2, -0.15) is 0 Å². The summed E-state index contributed by atoms with van der Waals surface area (Å²) in [6.45, 7) is 6.22. The fourth-order valence-electron chi connectivity index (χ4n) is 1.77. The van der Waals surface area contributed by atoms with Crippen LogP contribution in [0.4, 0.5) is 0 Å². The van der Waals surface area contributed by atoms with Crippen LogP contribution in [0.15, 0.2) is 18.2 Å². The second-order valence-corrected chi connectivity index (χ2v) is 5.15. The quantitative estimate of drug-likeness (QED) is 0.711. The summed E-state index contributed by atoms with van der Waals surface area (Å²) < 4.78 is 15.8. The Bertz CT molecular complexity index is 446. The number of carbonyl (C=O) groups excluding carboxylic acids is 1. The smallest absolute Gasteiger partial charge is 0.251 e. The van der Waals surface area contributed by atoms with Gasteiger partial charge in [-0.15, -0.1) is 0 Å². The first-order valence-corrected chi connectivity index (χ1v) is 7.16. The zero-order valence-corrected chi connectivity index (χ0v) is 13.3. The van der Waals surface area contributed by atoms with Gasteiger partial charge in [0.2, 0.25) is 0 Å². The van der Waals surface area contributed by atoms with Crippen LogP contribution in [0.5, 0.6) is 11.5 Å². The summed E-state index contributed by atoms with van der Waals surface area (Å²) in [5, 5.41) is 2.86. The van der Waals surface area contributed by atoms with Crippen molar-refractivity contribution < 1.29 is 19.0 Å². The van der Waals surface area contributed by atoms with Crippen LogP contribution in [-0.4, -0.2) is 39.9 Å². The molecule has 0 aliphatic heterocycles. The first-order chi connectivity index (χ1) is 10.1. The van der Waals surface area contributed by atoms with Crippen molar-refractivity contribution >= 4 is 5.91 Å². The van der Waals surface area contributed by atoms with Crippen LogP contribution < -0.4 is 14.8 Å².